The van der Waals surface area contributed by atoms with Gasteiger partial charge in [0, 0.05) is 24.8 Å². The lowest BCUT2D eigenvalue weighted by Crippen LogP contribution is -2.59. The van der Waals surface area contributed by atoms with Crippen LogP contribution in [0.2, 0.25) is 0 Å². The first-order valence-electron chi connectivity index (χ1n) is 14.0. The van der Waals surface area contributed by atoms with Crippen molar-refractivity contribution in [2.45, 2.75) is 69.5 Å². The van der Waals surface area contributed by atoms with Gasteiger partial charge in [-0.25, -0.2) is 4.79 Å². The monoisotopic (exact) mass is 517 g/mol. The highest BCUT2D eigenvalue weighted by Gasteiger charge is 2.54. The highest BCUT2D eigenvalue weighted by atomic mass is 16.2. The van der Waals surface area contributed by atoms with Crippen LogP contribution in [0.25, 0.3) is 0 Å². The van der Waals surface area contributed by atoms with Gasteiger partial charge in [0.25, 0.3) is 5.91 Å². The minimum Gasteiger partial charge on any atom is -0.348 e. The standard InChI is InChI=1S/C30H39N5O3/c1-23(24-11-5-2-6-12-24)31-27(36)21-34-22-35(26-15-9-4-10-16-26)30(28(34)37)17-19-33(20-18-30)29(38)32-25-13-7-3-8-14-25/h2,4-6,9-12,15-16,23,25H,3,7-8,13-14,17-22H2,1H3,(H,31,36)(H,32,38). The van der Waals surface area contributed by atoms with Crippen LogP contribution in [0.5, 0.6) is 0 Å². The van der Waals surface area contributed by atoms with Gasteiger partial charge in [-0.1, -0.05) is 67.8 Å². The molecule has 1 spiro atoms. The van der Waals surface area contributed by atoms with E-state index in [4.69, 9.17) is 0 Å². The molecular formula is C30H39N5O3. The number of carbonyl (C=O) groups is 3. The average Bonchev–Trinajstić information content (AvgIpc) is 3.21. The Morgan fingerprint density at radius 2 is 1.58 bits per heavy atom. The Labute approximate surface area is 225 Å². The predicted octanol–water partition coefficient (Wildman–Crippen LogP) is 4.05. The molecule has 1 unspecified atom stereocenters. The van der Waals surface area contributed by atoms with Gasteiger partial charge in [0.2, 0.25) is 5.91 Å². The van der Waals surface area contributed by atoms with Crippen molar-refractivity contribution in [2.75, 3.05) is 31.2 Å². The van der Waals surface area contributed by atoms with E-state index in [2.05, 4.69) is 15.5 Å². The van der Waals surface area contributed by atoms with Crippen LogP contribution in [0.15, 0.2) is 60.7 Å². The summed E-state index contributed by atoms with van der Waals surface area (Å²) in [6.45, 7) is 3.33. The van der Waals surface area contributed by atoms with Crippen LogP contribution in [0.3, 0.4) is 0 Å². The molecule has 2 saturated heterocycles. The van der Waals surface area contributed by atoms with Gasteiger partial charge in [0.05, 0.1) is 12.7 Å². The smallest absolute Gasteiger partial charge is 0.317 e. The average molecular weight is 518 g/mol. The molecule has 4 amide bonds. The molecule has 5 rings (SSSR count). The fourth-order valence-electron chi connectivity index (χ4n) is 6.20. The van der Waals surface area contributed by atoms with E-state index in [0.29, 0.717) is 32.6 Å². The molecule has 2 heterocycles. The minimum atomic E-state index is -0.756. The lowest BCUT2D eigenvalue weighted by molar-refractivity contribution is -0.137. The van der Waals surface area contributed by atoms with Gasteiger partial charge in [-0.3, -0.25) is 9.59 Å². The number of amides is 4. The van der Waals surface area contributed by atoms with Crippen LogP contribution in [-0.2, 0) is 9.59 Å². The first-order chi connectivity index (χ1) is 18.5. The zero-order chi connectivity index (χ0) is 26.5. The normalized spacial score (nSPS) is 20.4. The molecule has 2 N–H and O–H groups in total. The van der Waals surface area contributed by atoms with E-state index in [0.717, 1.165) is 24.1 Å². The second-order valence-electron chi connectivity index (χ2n) is 10.9. The van der Waals surface area contributed by atoms with Gasteiger partial charge in [-0.15, -0.1) is 0 Å². The molecule has 38 heavy (non-hydrogen) atoms. The lowest BCUT2D eigenvalue weighted by Gasteiger charge is -2.43. The zero-order valence-corrected chi connectivity index (χ0v) is 22.3. The minimum absolute atomic E-state index is 0.00692. The molecule has 202 valence electrons. The number of likely N-dealkylation sites (tertiary alicyclic amines) is 1. The summed E-state index contributed by atoms with van der Waals surface area (Å²) < 4.78 is 0. The van der Waals surface area contributed by atoms with Gasteiger partial charge in [0.15, 0.2) is 0 Å². The van der Waals surface area contributed by atoms with Crippen LogP contribution < -0.4 is 15.5 Å². The van der Waals surface area contributed by atoms with E-state index in [9.17, 15) is 14.4 Å². The Morgan fingerprint density at radius 1 is 0.947 bits per heavy atom. The largest absolute Gasteiger partial charge is 0.348 e. The van der Waals surface area contributed by atoms with Gasteiger partial charge >= 0.3 is 6.03 Å². The first-order valence-corrected chi connectivity index (χ1v) is 14.0. The lowest BCUT2D eigenvalue weighted by atomic mass is 9.85. The molecule has 1 aliphatic carbocycles. The highest BCUT2D eigenvalue weighted by molar-refractivity contribution is 5.96. The molecule has 8 nitrogen and oxygen atoms in total. The Balaban J connectivity index is 1.26. The van der Waals surface area contributed by atoms with Crippen molar-refractivity contribution in [3.63, 3.8) is 0 Å². The summed E-state index contributed by atoms with van der Waals surface area (Å²) in [7, 11) is 0. The number of nitrogens with one attached hydrogen (secondary N) is 2. The number of para-hydroxylation sites is 1. The van der Waals surface area contributed by atoms with Gasteiger partial charge in [-0.05, 0) is 50.3 Å². The van der Waals surface area contributed by atoms with Crippen LogP contribution in [0.4, 0.5) is 10.5 Å². The van der Waals surface area contributed by atoms with Crippen molar-refractivity contribution >= 4 is 23.5 Å². The fourth-order valence-corrected chi connectivity index (χ4v) is 6.20. The second-order valence-corrected chi connectivity index (χ2v) is 10.9. The molecule has 0 aromatic heterocycles. The number of anilines is 1. The number of piperidine rings is 1. The van der Waals surface area contributed by atoms with Crippen LogP contribution >= 0.6 is 0 Å². The van der Waals surface area contributed by atoms with E-state index < -0.39 is 5.54 Å². The van der Waals surface area contributed by atoms with E-state index in [1.807, 2.05) is 72.5 Å². The number of urea groups is 1. The molecule has 0 bridgehead atoms. The van der Waals surface area contributed by atoms with Crippen molar-refractivity contribution < 1.29 is 14.4 Å². The van der Waals surface area contributed by atoms with Gasteiger partial charge in [0.1, 0.15) is 12.1 Å². The van der Waals surface area contributed by atoms with Crippen molar-refractivity contribution in [1.29, 1.82) is 0 Å². The molecule has 1 atom stereocenters. The Kier molecular flexibility index (Phi) is 7.86. The van der Waals surface area contributed by atoms with Crippen molar-refractivity contribution in [3.05, 3.63) is 66.2 Å². The van der Waals surface area contributed by atoms with E-state index in [-0.39, 0.29) is 36.5 Å². The molecule has 2 aromatic rings. The molecule has 0 radical (unpaired) electrons. The molecule has 8 heteroatoms. The summed E-state index contributed by atoms with van der Waals surface area (Å²) in [5.41, 5.74) is 1.23. The molecule has 3 aliphatic rings. The molecule has 1 saturated carbocycles. The van der Waals surface area contributed by atoms with Crippen molar-refractivity contribution in [1.82, 2.24) is 20.4 Å². The first kappa shape index (κ1) is 26.1. The fraction of sp³-hybridized carbons (Fsp3) is 0.500. The third kappa shape index (κ3) is 5.49. The van der Waals surface area contributed by atoms with E-state index in [1.54, 1.807) is 4.90 Å². The second kappa shape index (κ2) is 11.5. The quantitative estimate of drug-likeness (QED) is 0.606. The predicted molar refractivity (Wildman–Crippen MR) is 147 cm³/mol. The number of carbonyl (C=O) groups excluding carboxylic acids is 3. The third-order valence-electron chi connectivity index (χ3n) is 8.40. The summed E-state index contributed by atoms with van der Waals surface area (Å²) in [6.07, 6.45) is 6.75. The van der Waals surface area contributed by atoms with Gasteiger partial charge < -0.3 is 25.3 Å². The van der Waals surface area contributed by atoms with E-state index in [1.165, 1.54) is 19.3 Å². The maximum absolute atomic E-state index is 13.9. The Hall–Kier alpha value is -3.55. The summed E-state index contributed by atoms with van der Waals surface area (Å²) >= 11 is 0. The number of nitrogens with zero attached hydrogens (tertiary/aromatic N) is 3. The Bertz CT molecular complexity index is 1110. The van der Waals surface area contributed by atoms with Gasteiger partial charge in [-0.2, -0.15) is 0 Å². The van der Waals surface area contributed by atoms with Crippen LogP contribution in [-0.4, -0.2) is 65.5 Å². The topological polar surface area (TPSA) is 85.0 Å². The Morgan fingerprint density at radius 3 is 2.24 bits per heavy atom. The van der Waals surface area contributed by atoms with Crippen molar-refractivity contribution in [3.8, 4) is 0 Å². The molecule has 2 aromatic carbocycles. The van der Waals surface area contributed by atoms with Crippen LogP contribution in [0, 0.1) is 0 Å². The molecular weight excluding hydrogens is 478 g/mol. The SMILES string of the molecule is CC(NC(=O)CN1CN(c2ccccc2)C2(CCN(C(=O)NC3CCCCC3)CC2)C1=O)c1ccccc1. The summed E-state index contributed by atoms with van der Waals surface area (Å²) in [6, 6.07) is 19.8. The number of rotatable bonds is 6. The van der Waals surface area contributed by atoms with E-state index >= 15 is 0 Å². The summed E-state index contributed by atoms with van der Waals surface area (Å²) in [4.78, 5) is 45.6. The summed E-state index contributed by atoms with van der Waals surface area (Å²) in [5, 5.41) is 6.25. The maximum Gasteiger partial charge on any atom is 0.317 e. The van der Waals surface area contributed by atoms with Crippen LogP contribution in [0.1, 0.15) is 63.5 Å². The zero-order valence-electron chi connectivity index (χ0n) is 22.3. The molecule has 2 aliphatic heterocycles. The number of hydrogen-bond donors (Lipinski definition) is 2. The highest BCUT2D eigenvalue weighted by Crippen LogP contribution is 2.39. The van der Waals surface area contributed by atoms with Crippen molar-refractivity contribution in [2.24, 2.45) is 0 Å². The summed E-state index contributed by atoms with van der Waals surface area (Å²) in [5.74, 6) is -0.208. The number of benzene rings is 2. The molecule has 3 fully saturated rings. The number of hydrogen-bond acceptors (Lipinski definition) is 4. The third-order valence-corrected chi connectivity index (χ3v) is 8.40. The maximum atomic E-state index is 13.9.